The van der Waals surface area contributed by atoms with E-state index in [1.165, 1.54) is 11.9 Å². The Morgan fingerprint density at radius 1 is 1.27 bits per heavy atom. The summed E-state index contributed by atoms with van der Waals surface area (Å²) >= 11 is 0. The Balaban J connectivity index is 2.04. The van der Waals surface area contributed by atoms with Gasteiger partial charge < -0.3 is 5.32 Å². The maximum Gasteiger partial charge on any atom is 0.258 e. The molecule has 0 aliphatic heterocycles. The van der Waals surface area contributed by atoms with Crippen LogP contribution in [0.25, 0.3) is 11.0 Å². The van der Waals surface area contributed by atoms with E-state index in [0.717, 1.165) is 5.52 Å². The predicted molar refractivity (Wildman–Crippen MR) is 98.6 cm³/mol. The first kappa shape index (κ1) is 17.2. The molecule has 0 bridgehead atoms. The van der Waals surface area contributed by atoms with E-state index < -0.39 is 0 Å². The molecule has 3 aromatic rings. The molecule has 2 aromatic carbocycles. The number of nitrogens with one attached hydrogen (secondary N) is 1. The van der Waals surface area contributed by atoms with Crippen molar-refractivity contribution in [2.24, 2.45) is 7.05 Å². The van der Waals surface area contributed by atoms with Gasteiger partial charge in [0.2, 0.25) is 5.91 Å². The molecule has 7 heteroatoms. The first-order valence-corrected chi connectivity index (χ1v) is 7.92. The van der Waals surface area contributed by atoms with E-state index in [-0.39, 0.29) is 18.4 Å². The van der Waals surface area contributed by atoms with E-state index in [9.17, 15) is 9.59 Å². The van der Waals surface area contributed by atoms with Crippen molar-refractivity contribution >= 4 is 28.5 Å². The molecule has 7 nitrogen and oxygen atoms in total. The van der Waals surface area contributed by atoms with E-state index >= 15 is 0 Å². The first-order valence-electron chi connectivity index (χ1n) is 7.92. The third-order valence-electron chi connectivity index (χ3n) is 4.01. The number of anilines is 1. The van der Waals surface area contributed by atoms with E-state index in [2.05, 4.69) is 21.5 Å². The number of hydrogen-bond acceptors (Lipinski definition) is 4. The van der Waals surface area contributed by atoms with Gasteiger partial charge >= 0.3 is 0 Å². The molecular weight excluding hydrogens is 330 g/mol. The lowest BCUT2D eigenvalue weighted by molar-refractivity contribution is -0.119. The average Bonchev–Trinajstić information content (AvgIpc) is 3.05. The van der Waals surface area contributed by atoms with E-state index in [1.54, 1.807) is 54.2 Å². The van der Waals surface area contributed by atoms with E-state index in [4.69, 9.17) is 6.42 Å². The summed E-state index contributed by atoms with van der Waals surface area (Å²) in [4.78, 5) is 26.5. The largest absolute Gasteiger partial charge is 0.358 e. The number of hydrogen-bond donors (Lipinski definition) is 1. The minimum absolute atomic E-state index is 0.120. The first-order chi connectivity index (χ1) is 12.5. The molecule has 0 aliphatic rings. The fraction of sp³-hybridized carbons (Fsp3) is 0.158. The summed E-state index contributed by atoms with van der Waals surface area (Å²) < 4.78 is 1.59. The molecule has 0 atom stereocenters. The Bertz CT molecular complexity index is 1030. The van der Waals surface area contributed by atoms with Crippen molar-refractivity contribution in [3.05, 3.63) is 53.6 Å². The lowest BCUT2D eigenvalue weighted by Gasteiger charge is -2.22. The molecule has 26 heavy (non-hydrogen) atoms. The quantitative estimate of drug-likeness (QED) is 0.723. The van der Waals surface area contributed by atoms with Crippen LogP contribution < -0.4 is 10.2 Å². The van der Waals surface area contributed by atoms with Gasteiger partial charge in [0.15, 0.2) is 0 Å². The zero-order chi connectivity index (χ0) is 18.7. The minimum atomic E-state index is -0.314. The number of amides is 2. The number of carbonyl (C=O) groups is 2. The van der Waals surface area contributed by atoms with E-state index in [0.29, 0.717) is 22.3 Å². The van der Waals surface area contributed by atoms with Crippen molar-refractivity contribution in [3.63, 3.8) is 0 Å². The number of carbonyl (C=O) groups excluding carboxylic acids is 2. The zero-order valence-electron chi connectivity index (χ0n) is 14.4. The lowest BCUT2D eigenvalue weighted by atomic mass is 10.1. The Kier molecular flexibility index (Phi) is 4.67. The Morgan fingerprint density at radius 2 is 2.08 bits per heavy atom. The Labute approximate surface area is 150 Å². The van der Waals surface area contributed by atoms with Gasteiger partial charge in [-0.1, -0.05) is 17.2 Å². The van der Waals surface area contributed by atoms with Crippen molar-refractivity contribution in [3.8, 4) is 12.3 Å². The maximum absolute atomic E-state index is 13.1. The highest BCUT2D eigenvalue weighted by Gasteiger charge is 2.21. The van der Waals surface area contributed by atoms with Gasteiger partial charge in [0.25, 0.3) is 5.91 Å². The summed E-state index contributed by atoms with van der Waals surface area (Å²) in [5.74, 6) is 1.94. The highest BCUT2D eigenvalue weighted by atomic mass is 16.2. The van der Waals surface area contributed by atoms with Gasteiger partial charge in [-0.2, -0.15) is 0 Å². The summed E-state index contributed by atoms with van der Waals surface area (Å²) in [6.45, 7) is -0.120. The van der Waals surface area contributed by atoms with Crippen molar-refractivity contribution in [2.75, 3.05) is 18.5 Å². The lowest BCUT2D eigenvalue weighted by Crippen LogP contribution is -2.39. The molecule has 1 heterocycles. The van der Waals surface area contributed by atoms with Crippen molar-refractivity contribution in [1.29, 1.82) is 0 Å². The van der Waals surface area contributed by atoms with Crippen LogP contribution in [0.4, 0.5) is 5.69 Å². The fourth-order valence-electron chi connectivity index (χ4n) is 2.59. The Morgan fingerprint density at radius 3 is 2.81 bits per heavy atom. The normalized spacial score (nSPS) is 10.3. The summed E-state index contributed by atoms with van der Waals surface area (Å²) in [5, 5.41) is 10.5. The molecule has 0 fully saturated rings. The van der Waals surface area contributed by atoms with Crippen LogP contribution >= 0.6 is 0 Å². The van der Waals surface area contributed by atoms with Crippen LogP contribution in [0.5, 0.6) is 0 Å². The number of nitrogens with zero attached hydrogens (tertiary/aromatic N) is 4. The number of terminal acetylenes is 1. The number of rotatable bonds is 4. The summed E-state index contributed by atoms with van der Waals surface area (Å²) in [5.41, 5.74) is 3.03. The second-order valence-electron chi connectivity index (χ2n) is 5.68. The maximum atomic E-state index is 13.1. The monoisotopic (exact) mass is 347 g/mol. The fourth-order valence-corrected chi connectivity index (χ4v) is 2.59. The van der Waals surface area contributed by atoms with Crippen LogP contribution in [0.2, 0.25) is 0 Å². The van der Waals surface area contributed by atoms with E-state index in [1.807, 2.05) is 0 Å². The van der Waals surface area contributed by atoms with Crippen molar-refractivity contribution in [2.45, 2.75) is 0 Å². The highest BCUT2D eigenvalue weighted by molar-refractivity contribution is 6.10. The third-order valence-corrected chi connectivity index (χ3v) is 4.01. The molecule has 0 saturated heterocycles. The molecule has 0 saturated carbocycles. The molecular formula is C19H17N5O2. The van der Waals surface area contributed by atoms with Gasteiger partial charge in [-0.15, -0.1) is 11.5 Å². The molecule has 0 radical (unpaired) electrons. The molecule has 0 unspecified atom stereocenters. The molecule has 1 N–H and O–H groups in total. The Hall–Kier alpha value is -3.66. The molecule has 1 aromatic heterocycles. The minimum Gasteiger partial charge on any atom is -0.358 e. The van der Waals surface area contributed by atoms with Crippen LogP contribution in [0.15, 0.2) is 42.5 Å². The van der Waals surface area contributed by atoms with Crippen LogP contribution in [-0.4, -0.2) is 40.4 Å². The van der Waals surface area contributed by atoms with Crippen molar-refractivity contribution < 1.29 is 9.59 Å². The second-order valence-corrected chi connectivity index (χ2v) is 5.68. The summed E-state index contributed by atoms with van der Waals surface area (Å²) in [6, 6.07) is 12.1. The highest BCUT2D eigenvalue weighted by Crippen LogP contribution is 2.20. The van der Waals surface area contributed by atoms with Crippen LogP contribution in [-0.2, 0) is 11.8 Å². The average molecular weight is 347 g/mol. The van der Waals surface area contributed by atoms with Crippen LogP contribution in [0, 0.1) is 12.3 Å². The molecule has 0 spiro atoms. The van der Waals surface area contributed by atoms with Crippen molar-refractivity contribution in [1.82, 2.24) is 20.3 Å². The number of fused-ring (bicyclic) bond motifs is 1. The number of aromatic nitrogens is 3. The second kappa shape index (κ2) is 7.07. The van der Waals surface area contributed by atoms with Gasteiger partial charge in [-0.3, -0.25) is 14.5 Å². The standard InChI is InChI=1S/C19H17N5O2/c1-4-13-6-5-7-15(10-13)24(12-18(25)20-2)19(26)14-8-9-16-17(11-14)23(3)22-21-16/h1,5-11H,12H2,2-3H3,(H,20,25). The third kappa shape index (κ3) is 3.26. The number of aryl methyl sites for hydroxylation is 1. The number of likely N-dealkylation sites (N-methyl/N-ethyl adjacent to an activating group) is 1. The molecule has 130 valence electrons. The summed E-state index contributed by atoms with van der Waals surface area (Å²) in [7, 11) is 3.28. The zero-order valence-corrected chi connectivity index (χ0v) is 14.4. The van der Waals surface area contributed by atoms with Crippen LogP contribution in [0.3, 0.4) is 0 Å². The molecule has 3 rings (SSSR count). The SMILES string of the molecule is C#Cc1cccc(N(CC(=O)NC)C(=O)c2ccc3nnn(C)c3c2)c1. The number of benzene rings is 2. The molecule has 2 amide bonds. The van der Waals surface area contributed by atoms with Gasteiger partial charge in [-0.05, 0) is 36.4 Å². The van der Waals surface area contributed by atoms with Crippen LogP contribution in [0.1, 0.15) is 15.9 Å². The van der Waals surface area contributed by atoms with Gasteiger partial charge in [0, 0.05) is 30.9 Å². The topological polar surface area (TPSA) is 80.1 Å². The van der Waals surface area contributed by atoms with Gasteiger partial charge in [-0.25, -0.2) is 4.68 Å². The van der Waals surface area contributed by atoms with Gasteiger partial charge in [0.1, 0.15) is 12.1 Å². The predicted octanol–water partition coefficient (Wildman–Crippen LogP) is 1.34. The molecule has 0 aliphatic carbocycles. The smallest absolute Gasteiger partial charge is 0.258 e. The van der Waals surface area contributed by atoms with Gasteiger partial charge in [0.05, 0.1) is 5.52 Å². The summed E-state index contributed by atoms with van der Waals surface area (Å²) in [6.07, 6.45) is 5.45.